The molecular formula is C19H19N3O4S. The Hall–Kier alpha value is -2.87. The standard InChI is InChI=1S/C19H19N3O4S/c23-17(6-4-14-2-1-11-27-14)21-7-9-22(10-8-21)18(24)13-3-5-15-16(12-13)26-19(25)20-15/h1-3,5,11-12H,4,6-10H2,(H,20,25). The summed E-state index contributed by atoms with van der Waals surface area (Å²) in [5, 5.41) is 2.01. The molecule has 7 nitrogen and oxygen atoms in total. The molecule has 3 heterocycles. The van der Waals surface area contributed by atoms with Gasteiger partial charge in [-0.25, -0.2) is 4.79 Å². The van der Waals surface area contributed by atoms with Gasteiger partial charge in [0.25, 0.3) is 5.91 Å². The molecule has 1 saturated heterocycles. The number of H-pyrrole nitrogens is 1. The minimum atomic E-state index is -0.538. The number of aromatic nitrogens is 1. The van der Waals surface area contributed by atoms with E-state index in [0.29, 0.717) is 49.3 Å². The number of rotatable bonds is 4. The van der Waals surface area contributed by atoms with Gasteiger partial charge in [-0.05, 0) is 36.1 Å². The van der Waals surface area contributed by atoms with E-state index in [9.17, 15) is 14.4 Å². The quantitative estimate of drug-likeness (QED) is 0.745. The zero-order valence-electron chi connectivity index (χ0n) is 14.6. The van der Waals surface area contributed by atoms with E-state index in [0.717, 1.165) is 6.42 Å². The maximum atomic E-state index is 12.7. The average Bonchev–Trinajstić information content (AvgIpc) is 3.33. The Kier molecular flexibility index (Phi) is 4.81. The molecule has 1 aliphatic heterocycles. The van der Waals surface area contributed by atoms with Crippen molar-refractivity contribution in [3.63, 3.8) is 0 Å². The summed E-state index contributed by atoms with van der Waals surface area (Å²) in [5.41, 5.74) is 1.41. The van der Waals surface area contributed by atoms with Crippen LogP contribution in [0.3, 0.4) is 0 Å². The predicted octanol–water partition coefficient (Wildman–Crippen LogP) is 2.10. The molecule has 0 unspecified atom stereocenters. The number of amides is 2. The van der Waals surface area contributed by atoms with Gasteiger partial charge in [-0.1, -0.05) is 6.07 Å². The number of piperazine rings is 1. The van der Waals surface area contributed by atoms with Crippen LogP contribution < -0.4 is 5.76 Å². The van der Waals surface area contributed by atoms with Crippen LogP contribution in [-0.4, -0.2) is 52.8 Å². The van der Waals surface area contributed by atoms with E-state index in [-0.39, 0.29) is 11.8 Å². The third kappa shape index (κ3) is 3.80. The zero-order chi connectivity index (χ0) is 18.8. The molecule has 2 amide bonds. The predicted molar refractivity (Wildman–Crippen MR) is 102 cm³/mol. The Bertz CT molecular complexity index is 1010. The van der Waals surface area contributed by atoms with Gasteiger partial charge in [-0.2, -0.15) is 0 Å². The van der Waals surface area contributed by atoms with Crippen molar-refractivity contribution in [1.29, 1.82) is 0 Å². The van der Waals surface area contributed by atoms with Crippen LogP contribution in [-0.2, 0) is 11.2 Å². The topological polar surface area (TPSA) is 86.6 Å². The van der Waals surface area contributed by atoms with Gasteiger partial charge in [0.1, 0.15) is 0 Å². The molecule has 1 fully saturated rings. The first-order valence-electron chi connectivity index (χ1n) is 8.82. The molecule has 0 spiro atoms. The Morgan fingerprint density at radius 3 is 2.63 bits per heavy atom. The number of oxazole rings is 1. The first-order chi connectivity index (χ1) is 13.1. The van der Waals surface area contributed by atoms with Crippen LogP contribution in [0, 0.1) is 0 Å². The molecule has 0 aliphatic carbocycles. The van der Waals surface area contributed by atoms with Gasteiger partial charge in [0.05, 0.1) is 5.52 Å². The Labute approximate surface area is 159 Å². The van der Waals surface area contributed by atoms with E-state index in [4.69, 9.17) is 4.42 Å². The number of benzene rings is 1. The molecule has 0 radical (unpaired) electrons. The van der Waals surface area contributed by atoms with Crippen LogP contribution in [0.4, 0.5) is 0 Å². The van der Waals surface area contributed by atoms with Gasteiger partial charge in [0.15, 0.2) is 5.58 Å². The molecule has 3 aromatic rings. The highest BCUT2D eigenvalue weighted by atomic mass is 32.1. The van der Waals surface area contributed by atoms with Gasteiger partial charge >= 0.3 is 5.76 Å². The van der Waals surface area contributed by atoms with Gasteiger partial charge in [0.2, 0.25) is 5.91 Å². The van der Waals surface area contributed by atoms with Crippen LogP contribution in [0.2, 0.25) is 0 Å². The minimum absolute atomic E-state index is 0.119. The SMILES string of the molecule is O=C(CCc1cccs1)N1CCN(C(=O)c2ccc3[nH]c(=O)oc3c2)CC1. The Morgan fingerprint density at radius 2 is 1.89 bits per heavy atom. The largest absolute Gasteiger partial charge is 0.417 e. The van der Waals surface area contributed by atoms with E-state index in [2.05, 4.69) is 4.98 Å². The normalized spacial score (nSPS) is 14.7. The molecule has 2 aromatic heterocycles. The number of hydrogen-bond donors (Lipinski definition) is 1. The summed E-state index contributed by atoms with van der Waals surface area (Å²) in [6.07, 6.45) is 1.26. The lowest BCUT2D eigenvalue weighted by Gasteiger charge is -2.35. The molecule has 1 N–H and O–H groups in total. The molecule has 8 heteroatoms. The molecule has 1 aromatic carbocycles. The maximum absolute atomic E-state index is 12.7. The van der Waals surface area contributed by atoms with Crippen molar-refractivity contribution in [2.45, 2.75) is 12.8 Å². The Balaban J connectivity index is 1.34. The van der Waals surface area contributed by atoms with Crippen molar-refractivity contribution in [2.24, 2.45) is 0 Å². The smallest absolute Gasteiger partial charge is 0.408 e. The summed E-state index contributed by atoms with van der Waals surface area (Å²) in [6, 6.07) is 8.95. The number of nitrogens with one attached hydrogen (secondary N) is 1. The Morgan fingerprint density at radius 1 is 1.11 bits per heavy atom. The zero-order valence-corrected chi connectivity index (χ0v) is 15.5. The van der Waals surface area contributed by atoms with Crippen LogP contribution >= 0.6 is 11.3 Å². The van der Waals surface area contributed by atoms with E-state index in [1.807, 2.05) is 22.4 Å². The van der Waals surface area contributed by atoms with Crippen LogP contribution in [0.25, 0.3) is 11.1 Å². The number of hydrogen-bond acceptors (Lipinski definition) is 5. The first-order valence-corrected chi connectivity index (χ1v) is 9.70. The maximum Gasteiger partial charge on any atom is 0.417 e. The molecule has 140 valence electrons. The monoisotopic (exact) mass is 385 g/mol. The second kappa shape index (κ2) is 7.40. The van der Waals surface area contributed by atoms with Crippen LogP contribution in [0.5, 0.6) is 0 Å². The second-order valence-corrected chi connectivity index (χ2v) is 7.51. The highest BCUT2D eigenvalue weighted by Gasteiger charge is 2.25. The lowest BCUT2D eigenvalue weighted by molar-refractivity contribution is -0.132. The van der Waals surface area contributed by atoms with Crippen molar-refractivity contribution >= 4 is 34.3 Å². The number of fused-ring (bicyclic) bond motifs is 1. The molecule has 4 rings (SSSR count). The summed E-state index contributed by atoms with van der Waals surface area (Å²) >= 11 is 1.66. The third-order valence-electron chi connectivity index (χ3n) is 4.75. The number of aromatic amines is 1. The molecule has 27 heavy (non-hydrogen) atoms. The highest BCUT2D eigenvalue weighted by Crippen LogP contribution is 2.16. The van der Waals surface area contributed by atoms with E-state index < -0.39 is 5.76 Å². The van der Waals surface area contributed by atoms with Gasteiger partial charge in [-0.3, -0.25) is 14.6 Å². The van der Waals surface area contributed by atoms with Gasteiger partial charge in [-0.15, -0.1) is 11.3 Å². The highest BCUT2D eigenvalue weighted by molar-refractivity contribution is 7.09. The van der Waals surface area contributed by atoms with Crippen molar-refractivity contribution in [1.82, 2.24) is 14.8 Å². The van der Waals surface area contributed by atoms with E-state index >= 15 is 0 Å². The lowest BCUT2D eigenvalue weighted by atomic mass is 10.1. The molecule has 0 saturated carbocycles. The number of aryl methyl sites for hydroxylation is 1. The number of nitrogens with zero attached hydrogens (tertiary/aromatic N) is 2. The summed E-state index contributed by atoms with van der Waals surface area (Å²) in [5.74, 6) is -0.526. The molecule has 0 bridgehead atoms. The minimum Gasteiger partial charge on any atom is -0.408 e. The summed E-state index contributed by atoms with van der Waals surface area (Å²) in [4.78, 5) is 43.6. The van der Waals surface area contributed by atoms with Crippen LogP contribution in [0.1, 0.15) is 21.7 Å². The molecule has 0 atom stereocenters. The fraction of sp³-hybridized carbons (Fsp3) is 0.316. The first kappa shape index (κ1) is 17.5. The fourth-order valence-corrected chi connectivity index (χ4v) is 3.97. The number of carbonyl (C=O) groups is 2. The lowest BCUT2D eigenvalue weighted by Crippen LogP contribution is -2.50. The summed E-state index contributed by atoms with van der Waals surface area (Å²) < 4.78 is 5.02. The fourth-order valence-electron chi connectivity index (χ4n) is 3.26. The molecule has 1 aliphatic rings. The van der Waals surface area contributed by atoms with Crippen molar-refractivity contribution in [3.8, 4) is 0 Å². The second-order valence-electron chi connectivity index (χ2n) is 6.48. The summed E-state index contributed by atoms with van der Waals surface area (Å²) in [6.45, 7) is 2.07. The van der Waals surface area contributed by atoms with Crippen molar-refractivity contribution in [2.75, 3.05) is 26.2 Å². The summed E-state index contributed by atoms with van der Waals surface area (Å²) in [7, 11) is 0. The molecular weight excluding hydrogens is 366 g/mol. The van der Waals surface area contributed by atoms with Gasteiger partial charge in [0, 0.05) is 43.0 Å². The number of thiophene rings is 1. The number of carbonyl (C=O) groups excluding carboxylic acids is 2. The van der Waals surface area contributed by atoms with E-state index in [1.165, 1.54) is 4.88 Å². The third-order valence-corrected chi connectivity index (χ3v) is 5.69. The van der Waals surface area contributed by atoms with Crippen LogP contribution in [0.15, 0.2) is 44.9 Å². The average molecular weight is 385 g/mol. The van der Waals surface area contributed by atoms with Crippen molar-refractivity contribution < 1.29 is 14.0 Å². The van der Waals surface area contributed by atoms with Crippen molar-refractivity contribution in [3.05, 3.63) is 56.7 Å². The van der Waals surface area contributed by atoms with Gasteiger partial charge < -0.3 is 14.2 Å². The van der Waals surface area contributed by atoms with E-state index in [1.54, 1.807) is 34.4 Å².